The fourth-order valence-electron chi connectivity index (χ4n) is 3.28. The normalized spacial score (nSPS) is 16.5. The SMILES string of the molecule is CN(C)C(CNC(=O)c1cn(C2CCNCC2)nn1)c1c(F)cccc1F. The van der Waals surface area contributed by atoms with Crippen molar-refractivity contribution in [2.75, 3.05) is 33.7 Å². The summed E-state index contributed by atoms with van der Waals surface area (Å²) in [4.78, 5) is 14.1. The summed E-state index contributed by atoms with van der Waals surface area (Å²) in [5.41, 5.74) is 0.126. The number of likely N-dealkylation sites (N-methyl/N-ethyl adjacent to an activating group) is 1. The van der Waals surface area contributed by atoms with Crippen LogP contribution in [0.4, 0.5) is 8.78 Å². The molecule has 0 aliphatic carbocycles. The van der Waals surface area contributed by atoms with Gasteiger partial charge in [-0.05, 0) is 52.2 Å². The zero-order chi connectivity index (χ0) is 19.4. The zero-order valence-electron chi connectivity index (χ0n) is 15.5. The molecule has 3 rings (SSSR count). The molecule has 1 aliphatic rings. The van der Waals surface area contributed by atoms with Crippen LogP contribution in [-0.2, 0) is 0 Å². The van der Waals surface area contributed by atoms with Gasteiger partial charge in [0, 0.05) is 12.1 Å². The van der Waals surface area contributed by atoms with Crippen LogP contribution in [0.1, 0.15) is 41.0 Å². The number of halogens is 2. The van der Waals surface area contributed by atoms with Gasteiger partial charge in [-0.2, -0.15) is 0 Å². The van der Waals surface area contributed by atoms with Crippen molar-refractivity contribution >= 4 is 5.91 Å². The average molecular weight is 378 g/mol. The number of aromatic nitrogens is 3. The predicted octanol–water partition coefficient (Wildman–Crippen LogP) is 1.51. The minimum Gasteiger partial charge on any atom is -0.349 e. The lowest BCUT2D eigenvalue weighted by atomic mass is 10.0. The third kappa shape index (κ3) is 4.48. The molecule has 7 nitrogen and oxygen atoms in total. The molecule has 1 aromatic carbocycles. The van der Waals surface area contributed by atoms with E-state index < -0.39 is 23.6 Å². The van der Waals surface area contributed by atoms with E-state index >= 15 is 0 Å². The van der Waals surface area contributed by atoms with Crippen LogP contribution >= 0.6 is 0 Å². The lowest BCUT2D eigenvalue weighted by molar-refractivity contribution is 0.0935. The van der Waals surface area contributed by atoms with Gasteiger partial charge in [0.2, 0.25) is 0 Å². The Morgan fingerprint density at radius 1 is 1.33 bits per heavy atom. The summed E-state index contributed by atoms with van der Waals surface area (Å²) in [6, 6.07) is 3.32. The standard InChI is InChI=1S/C18H24F2N6O/c1-25(2)16(17-13(19)4-3-5-14(17)20)10-22-18(27)15-11-26(24-23-15)12-6-8-21-9-7-12/h3-5,11-12,16,21H,6-10H2,1-2H3,(H,22,27). The van der Waals surface area contributed by atoms with E-state index in [0.29, 0.717) is 0 Å². The Bertz CT molecular complexity index is 768. The Balaban J connectivity index is 1.67. The molecule has 1 aliphatic heterocycles. The van der Waals surface area contributed by atoms with Crippen molar-refractivity contribution < 1.29 is 13.6 Å². The summed E-state index contributed by atoms with van der Waals surface area (Å²) < 4.78 is 29.9. The maximum absolute atomic E-state index is 14.1. The number of nitrogens with zero attached hydrogens (tertiary/aromatic N) is 4. The summed E-state index contributed by atoms with van der Waals surface area (Å²) in [6.07, 6.45) is 3.49. The van der Waals surface area contributed by atoms with Gasteiger partial charge in [0.1, 0.15) is 11.6 Å². The molecule has 1 saturated heterocycles. The van der Waals surface area contributed by atoms with Crippen LogP contribution in [0.25, 0.3) is 0 Å². The van der Waals surface area contributed by atoms with Gasteiger partial charge in [-0.15, -0.1) is 5.10 Å². The Hall–Kier alpha value is -2.39. The van der Waals surface area contributed by atoms with E-state index in [0.717, 1.165) is 25.9 Å². The Kier molecular flexibility index (Phi) is 6.12. The van der Waals surface area contributed by atoms with Crippen molar-refractivity contribution in [2.24, 2.45) is 0 Å². The molecule has 0 spiro atoms. The molecule has 146 valence electrons. The molecule has 1 amide bonds. The van der Waals surface area contributed by atoms with Gasteiger partial charge < -0.3 is 15.5 Å². The highest BCUT2D eigenvalue weighted by atomic mass is 19.1. The van der Waals surface area contributed by atoms with Gasteiger partial charge in [0.05, 0.1) is 18.3 Å². The van der Waals surface area contributed by atoms with Crippen molar-refractivity contribution in [2.45, 2.75) is 24.9 Å². The molecule has 2 N–H and O–H groups in total. The Labute approximate surface area is 156 Å². The molecule has 0 saturated carbocycles. The van der Waals surface area contributed by atoms with Crippen molar-refractivity contribution in [1.82, 2.24) is 30.5 Å². The number of amides is 1. The van der Waals surface area contributed by atoms with E-state index in [2.05, 4.69) is 20.9 Å². The Morgan fingerprint density at radius 3 is 2.63 bits per heavy atom. The first-order valence-corrected chi connectivity index (χ1v) is 8.98. The third-order valence-electron chi connectivity index (χ3n) is 4.84. The number of carbonyl (C=O) groups excluding carboxylic acids is 1. The third-order valence-corrected chi connectivity index (χ3v) is 4.84. The topological polar surface area (TPSA) is 75.1 Å². The molecular formula is C18H24F2N6O. The van der Waals surface area contributed by atoms with E-state index in [9.17, 15) is 13.6 Å². The van der Waals surface area contributed by atoms with Crippen LogP contribution in [0.15, 0.2) is 24.4 Å². The van der Waals surface area contributed by atoms with Gasteiger partial charge >= 0.3 is 0 Å². The van der Waals surface area contributed by atoms with Crippen LogP contribution in [0, 0.1) is 11.6 Å². The minimum atomic E-state index is -0.644. The second-order valence-electron chi connectivity index (χ2n) is 6.89. The largest absolute Gasteiger partial charge is 0.349 e. The highest BCUT2D eigenvalue weighted by Crippen LogP contribution is 2.24. The molecule has 2 heterocycles. The van der Waals surface area contributed by atoms with Crippen molar-refractivity contribution in [1.29, 1.82) is 0 Å². The molecule has 27 heavy (non-hydrogen) atoms. The summed E-state index contributed by atoms with van der Waals surface area (Å²) in [5, 5.41) is 14.0. The first-order chi connectivity index (χ1) is 13.0. The number of hydrogen-bond acceptors (Lipinski definition) is 5. The smallest absolute Gasteiger partial charge is 0.273 e. The first kappa shape index (κ1) is 19.4. The van der Waals surface area contributed by atoms with Crippen LogP contribution in [0.2, 0.25) is 0 Å². The maximum Gasteiger partial charge on any atom is 0.273 e. The van der Waals surface area contributed by atoms with E-state index in [1.165, 1.54) is 18.2 Å². The van der Waals surface area contributed by atoms with Crippen LogP contribution in [0.5, 0.6) is 0 Å². The summed E-state index contributed by atoms with van der Waals surface area (Å²) >= 11 is 0. The number of piperidine rings is 1. The van der Waals surface area contributed by atoms with Crippen molar-refractivity contribution in [3.63, 3.8) is 0 Å². The van der Waals surface area contributed by atoms with Gasteiger partial charge in [0.15, 0.2) is 5.69 Å². The molecule has 1 fully saturated rings. The molecule has 0 radical (unpaired) electrons. The maximum atomic E-state index is 14.1. The number of nitrogens with one attached hydrogen (secondary N) is 2. The quantitative estimate of drug-likeness (QED) is 0.797. The van der Waals surface area contributed by atoms with Crippen molar-refractivity contribution in [3.05, 3.63) is 47.3 Å². The number of hydrogen-bond donors (Lipinski definition) is 2. The summed E-state index contributed by atoms with van der Waals surface area (Å²) in [6.45, 7) is 1.86. The van der Waals surface area contributed by atoms with Crippen LogP contribution < -0.4 is 10.6 Å². The van der Waals surface area contributed by atoms with Gasteiger partial charge in [-0.25, -0.2) is 13.5 Å². The highest BCUT2D eigenvalue weighted by Gasteiger charge is 2.24. The first-order valence-electron chi connectivity index (χ1n) is 8.98. The number of benzene rings is 1. The molecule has 0 bridgehead atoms. The fourth-order valence-corrected chi connectivity index (χ4v) is 3.28. The van der Waals surface area contributed by atoms with Crippen molar-refractivity contribution in [3.8, 4) is 0 Å². The monoisotopic (exact) mass is 378 g/mol. The molecule has 9 heteroatoms. The van der Waals surface area contributed by atoms with Gasteiger partial charge in [-0.1, -0.05) is 11.3 Å². The summed E-state index contributed by atoms with van der Waals surface area (Å²) in [5.74, 6) is -1.70. The molecular weight excluding hydrogens is 354 g/mol. The molecule has 1 atom stereocenters. The predicted molar refractivity (Wildman–Crippen MR) is 96.3 cm³/mol. The molecule has 1 unspecified atom stereocenters. The lowest BCUT2D eigenvalue weighted by Crippen LogP contribution is -2.35. The van der Waals surface area contributed by atoms with E-state index in [4.69, 9.17) is 0 Å². The average Bonchev–Trinajstić information content (AvgIpc) is 3.14. The summed E-state index contributed by atoms with van der Waals surface area (Å²) in [7, 11) is 3.41. The number of carbonyl (C=O) groups is 1. The Morgan fingerprint density at radius 2 is 2.00 bits per heavy atom. The zero-order valence-corrected chi connectivity index (χ0v) is 15.5. The van der Waals surface area contributed by atoms with E-state index in [-0.39, 0.29) is 23.8 Å². The van der Waals surface area contributed by atoms with Gasteiger partial charge in [-0.3, -0.25) is 4.79 Å². The molecule has 2 aromatic rings. The van der Waals surface area contributed by atoms with Gasteiger partial charge in [0.25, 0.3) is 5.91 Å². The van der Waals surface area contributed by atoms with Crippen LogP contribution in [0.3, 0.4) is 0 Å². The van der Waals surface area contributed by atoms with E-state index in [1.54, 1.807) is 29.9 Å². The lowest BCUT2D eigenvalue weighted by Gasteiger charge is -2.25. The second kappa shape index (κ2) is 8.53. The van der Waals surface area contributed by atoms with Crippen LogP contribution in [-0.4, -0.2) is 59.5 Å². The minimum absolute atomic E-state index is 0.0455. The fraction of sp³-hybridized carbons (Fsp3) is 0.500. The van der Waals surface area contributed by atoms with E-state index in [1.807, 2.05) is 0 Å². The molecule has 1 aromatic heterocycles. The highest BCUT2D eigenvalue weighted by molar-refractivity contribution is 5.91. The second-order valence-corrected chi connectivity index (χ2v) is 6.89. The number of rotatable bonds is 6.